The van der Waals surface area contributed by atoms with Gasteiger partial charge in [0.25, 0.3) is 0 Å². The van der Waals surface area contributed by atoms with Gasteiger partial charge in [0, 0.05) is 18.2 Å². The second-order valence-electron chi connectivity index (χ2n) is 12.0. The first-order valence-corrected chi connectivity index (χ1v) is 17.0. The summed E-state index contributed by atoms with van der Waals surface area (Å²) in [5.74, 6) is -0.0178. The molecule has 2 aromatic heterocycles. The highest BCUT2D eigenvalue weighted by Gasteiger charge is 2.54. The van der Waals surface area contributed by atoms with E-state index in [2.05, 4.69) is 20.0 Å². The molecule has 6 rings (SSSR count). The van der Waals surface area contributed by atoms with Crippen molar-refractivity contribution < 1.29 is 47.6 Å². The van der Waals surface area contributed by atoms with Crippen molar-refractivity contribution in [2.24, 2.45) is 0 Å². The third kappa shape index (κ3) is 6.69. The predicted molar refractivity (Wildman–Crippen MR) is 172 cm³/mol. The number of fused-ring (bicyclic) bond motifs is 2. The summed E-state index contributed by atoms with van der Waals surface area (Å²) in [5.41, 5.74) is 4.47. The lowest BCUT2D eigenvalue weighted by Crippen LogP contribution is -2.45. The number of anilines is 1. The fraction of sp³-hybridized carbons (Fsp3) is 0.484. The highest BCUT2D eigenvalue weighted by atomic mass is 31.2. The smallest absolute Gasteiger partial charge is 0.459 e. The van der Waals surface area contributed by atoms with Gasteiger partial charge >= 0.3 is 13.7 Å². The minimum Gasteiger partial charge on any atom is -0.479 e. The Bertz CT molecular complexity index is 1840. The minimum absolute atomic E-state index is 0.0966. The van der Waals surface area contributed by atoms with Crippen molar-refractivity contribution in [2.75, 3.05) is 32.7 Å². The number of imidazole rings is 1. The zero-order valence-electron chi connectivity index (χ0n) is 26.9. The predicted octanol–water partition coefficient (Wildman–Crippen LogP) is 2.79. The Labute approximate surface area is 276 Å². The van der Waals surface area contributed by atoms with Gasteiger partial charge < -0.3 is 39.4 Å². The topological polar surface area (TPSA) is 212 Å². The molecule has 0 radical (unpaired) electrons. The maximum absolute atomic E-state index is 14.5. The zero-order valence-corrected chi connectivity index (χ0v) is 27.8. The summed E-state index contributed by atoms with van der Waals surface area (Å²) in [4.78, 5) is 25.8. The number of nitrogen functional groups attached to an aromatic ring is 1. The number of aliphatic hydroxyl groups excluding tert-OH is 1. The van der Waals surface area contributed by atoms with Crippen molar-refractivity contribution in [2.45, 2.75) is 69.8 Å². The highest BCUT2D eigenvalue weighted by molar-refractivity contribution is 7.52. The molecule has 2 aliphatic rings. The molecular formula is C31H39N6O10P. The second kappa shape index (κ2) is 13.6. The molecule has 4 heterocycles. The third-order valence-electron chi connectivity index (χ3n) is 8.42. The SMILES string of the molecule is COc1nc(N)nc2c1nc(C)n2C1OC(COP(=O)(NC(C)C(=O)OC2CCOCC2)Oc2cccc3ccccc23)C(O)C1(C)O. The average Bonchev–Trinajstić information content (AvgIpc) is 3.50. The Morgan fingerprint density at radius 3 is 2.67 bits per heavy atom. The number of nitrogens with one attached hydrogen (secondary N) is 1. The average molecular weight is 687 g/mol. The molecule has 0 aliphatic carbocycles. The highest BCUT2D eigenvalue weighted by Crippen LogP contribution is 2.49. The quantitative estimate of drug-likeness (QED) is 0.132. The molecule has 258 valence electrons. The van der Waals surface area contributed by atoms with Crippen LogP contribution in [0.3, 0.4) is 0 Å². The van der Waals surface area contributed by atoms with Crippen molar-refractivity contribution in [1.29, 1.82) is 0 Å². The van der Waals surface area contributed by atoms with Gasteiger partial charge in [-0.25, -0.2) is 9.55 Å². The number of aromatic nitrogens is 4. The van der Waals surface area contributed by atoms with Crippen LogP contribution in [0.25, 0.3) is 21.9 Å². The minimum atomic E-state index is -4.40. The van der Waals surface area contributed by atoms with Crippen LogP contribution in [0, 0.1) is 6.92 Å². The number of aliphatic hydroxyl groups is 2. The number of nitrogens with two attached hydrogens (primary N) is 1. The molecule has 17 heteroatoms. The molecule has 0 saturated carbocycles. The summed E-state index contributed by atoms with van der Waals surface area (Å²) < 4.78 is 50.3. The number of rotatable bonds is 11. The molecule has 4 aromatic rings. The Hall–Kier alpha value is -3.89. The molecular weight excluding hydrogens is 647 g/mol. The lowest BCUT2D eigenvalue weighted by atomic mass is 9.96. The van der Waals surface area contributed by atoms with E-state index < -0.39 is 50.4 Å². The van der Waals surface area contributed by atoms with E-state index in [0.717, 1.165) is 5.39 Å². The molecule has 2 aliphatic heterocycles. The Morgan fingerprint density at radius 1 is 1.19 bits per heavy atom. The van der Waals surface area contributed by atoms with Crippen LogP contribution in [0.5, 0.6) is 11.6 Å². The monoisotopic (exact) mass is 686 g/mol. The van der Waals surface area contributed by atoms with Gasteiger partial charge in [-0.05, 0) is 32.2 Å². The van der Waals surface area contributed by atoms with Crippen LogP contribution in [0.15, 0.2) is 42.5 Å². The number of nitrogens with zero attached hydrogens (tertiary/aromatic N) is 4. The summed E-state index contributed by atoms with van der Waals surface area (Å²) in [7, 11) is -2.99. The van der Waals surface area contributed by atoms with E-state index in [1.54, 1.807) is 25.1 Å². The summed E-state index contributed by atoms with van der Waals surface area (Å²) in [6.07, 6.45) is -3.23. The lowest BCUT2D eigenvalue weighted by molar-refractivity contribution is -0.154. The number of esters is 1. The lowest BCUT2D eigenvalue weighted by Gasteiger charge is -2.28. The van der Waals surface area contributed by atoms with Gasteiger partial charge in [0.15, 0.2) is 17.4 Å². The number of hydrogen-bond donors (Lipinski definition) is 4. The van der Waals surface area contributed by atoms with Crippen LogP contribution in [-0.4, -0.2) is 92.6 Å². The molecule has 2 fully saturated rings. The van der Waals surface area contributed by atoms with Crippen LogP contribution >= 0.6 is 7.75 Å². The van der Waals surface area contributed by atoms with Gasteiger partial charge in [0.1, 0.15) is 41.5 Å². The van der Waals surface area contributed by atoms with Crippen LogP contribution in [0.2, 0.25) is 0 Å². The number of aryl methyl sites for hydroxylation is 1. The van der Waals surface area contributed by atoms with Gasteiger partial charge in [0.05, 0.1) is 26.9 Å². The summed E-state index contributed by atoms with van der Waals surface area (Å²) in [5, 5.41) is 27.0. The van der Waals surface area contributed by atoms with Crippen LogP contribution in [0.4, 0.5) is 5.95 Å². The molecule has 2 saturated heterocycles. The maximum Gasteiger partial charge on any atom is 0.459 e. The molecule has 16 nitrogen and oxygen atoms in total. The molecule has 6 unspecified atom stereocenters. The first kappa shape index (κ1) is 34.0. The molecule has 0 spiro atoms. The Balaban J connectivity index is 1.26. The van der Waals surface area contributed by atoms with Crippen molar-refractivity contribution in [3.63, 3.8) is 0 Å². The van der Waals surface area contributed by atoms with E-state index >= 15 is 0 Å². The standard InChI is InChI=1S/C31H39N6O10P/c1-17(28(39)45-20-12-14-43-15-13-20)36-48(41,47-22-11-7-9-19-8-5-6-10-21(19)22)44-16-23-25(38)31(3,40)29(46-23)37-18(2)33-24-26(37)34-30(32)35-27(24)42-4/h5-11,17,20,23,25,29,38,40H,12-16H2,1-4H3,(H,36,41)(H2,32,34,35). The van der Waals surface area contributed by atoms with Crippen molar-refractivity contribution in [1.82, 2.24) is 24.6 Å². The number of methoxy groups -OCH3 is 1. The number of carbonyl (C=O) groups is 1. The Kier molecular flexibility index (Phi) is 9.60. The van der Waals surface area contributed by atoms with Crippen LogP contribution in [-0.2, 0) is 28.1 Å². The van der Waals surface area contributed by atoms with Gasteiger partial charge in [-0.3, -0.25) is 13.9 Å². The van der Waals surface area contributed by atoms with E-state index in [1.807, 2.05) is 24.3 Å². The number of benzene rings is 2. The van der Waals surface area contributed by atoms with E-state index in [4.69, 9.17) is 33.7 Å². The maximum atomic E-state index is 14.5. The van der Waals surface area contributed by atoms with E-state index in [-0.39, 0.29) is 34.8 Å². The van der Waals surface area contributed by atoms with Crippen LogP contribution < -0.4 is 20.1 Å². The van der Waals surface area contributed by atoms with Crippen molar-refractivity contribution in [3.8, 4) is 11.6 Å². The van der Waals surface area contributed by atoms with Crippen molar-refractivity contribution in [3.05, 3.63) is 48.3 Å². The number of carbonyl (C=O) groups excluding carboxylic acids is 1. The molecule has 0 bridgehead atoms. The number of hydrogen-bond acceptors (Lipinski definition) is 14. The number of ether oxygens (including phenoxy) is 4. The van der Waals surface area contributed by atoms with Gasteiger partial charge in [-0.2, -0.15) is 15.1 Å². The van der Waals surface area contributed by atoms with E-state index in [0.29, 0.717) is 37.3 Å². The first-order valence-electron chi connectivity index (χ1n) is 15.5. The molecule has 5 N–H and O–H groups in total. The molecule has 0 amide bonds. The zero-order chi connectivity index (χ0) is 34.2. The van der Waals surface area contributed by atoms with E-state index in [1.165, 1.54) is 25.5 Å². The van der Waals surface area contributed by atoms with E-state index in [9.17, 15) is 19.6 Å². The molecule has 48 heavy (non-hydrogen) atoms. The largest absolute Gasteiger partial charge is 0.479 e. The van der Waals surface area contributed by atoms with Gasteiger partial charge in [-0.15, -0.1) is 0 Å². The normalized spacial score (nSPS) is 25.2. The summed E-state index contributed by atoms with van der Waals surface area (Å²) in [6.45, 7) is 4.96. The molecule has 2 aromatic carbocycles. The Morgan fingerprint density at radius 2 is 1.92 bits per heavy atom. The third-order valence-corrected chi connectivity index (χ3v) is 10.0. The summed E-state index contributed by atoms with van der Waals surface area (Å²) in [6, 6.07) is 11.5. The second-order valence-corrected chi connectivity index (χ2v) is 13.6. The summed E-state index contributed by atoms with van der Waals surface area (Å²) >= 11 is 0. The van der Waals surface area contributed by atoms with Gasteiger partial charge in [0.2, 0.25) is 11.8 Å². The van der Waals surface area contributed by atoms with Gasteiger partial charge in [-0.1, -0.05) is 36.4 Å². The van der Waals surface area contributed by atoms with Crippen molar-refractivity contribution >= 4 is 41.6 Å². The first-order chi connectivity index (χ1) is 22.9. The molecule has 6 atom stereocenters. The fourth-order valence-corrected chi connectivity index (χ4v) is 7.39. The van der Waals surface area contributed by atoms with Crippen LogP contribution in [0.1, 0.15) is 38.7 Å². The fourth-order valence-electron chi connectivity index (χ4n) is 5.87.